The van der Waals surface area contributed by atoms with Gasteiger partial charge in [0.15, 0.2) is 0 Å². The first-order valence-corrected chi connectivity index (χ1v) is 9.05. The monoisotopic (exact) mass is 403 g/mol. The molecule has 2 atom stereocenters. The quantitative estimate of drug-likeness (QED) is 0.799. The lowest BCUT2D eigenvalue weighted by molar-refractivity contribution is -0.144. The van der Waals surface area contributed by atoms with Gasteiger partial charge < -0.3 is 14.6 Å². The normalized spacial score (nSPS) is 20.6. The van der Waals surface area contributed by atoms with Gasteiger partial charge in [-0.25, -0.2) is 9.59 Å². The lowest BCUT2D eigenvalue weighted by Crippen LogP contribution is -2.51. The van der Waals surface area contributed by atoms with Crippen LogP contribution in [0.25, 0.3) is 0 Å². The summed E-state index contributed by atoms with van der Waals surface area (Å²) in [5.41, 5.74) is -0.0204. The molecular formula is C18H23Cl2NO5. The van der Waals surface area contributed by atoms with Crippen LogP contribution in [0.5, 0.6) is 5.75 Å². The van der Waals surface area contributed by atoms with Crippen LogP contribution in [-0.4, -0.2) is 47.4 Å². The molecule has 1 saturated heterocycles. The van der Waals surface area contributed by atoms with E-state index in [1.54, 1.807) is 32.9 Å². The summed E-state index contributed by atoms with van der Waals surface area (Å²) >= 11 is 12.5. The van der Waals surface area contributed by atoms with Gasteiger partial charge in [0.1, 0.15) is 17.4 Å². The number of benzene rings is 1. The highest BCUT2D eigenvalue weighted by Gasteiger charge is 2.40. The van der Waals surface area contributed by atoms with E-state index in [0.29, 0.717) is 27.8 Å². The molecule has 8 heteroatoms. The maximum absolute atomic E-state index is 12.4. The lowest BCUT2D eigenvalue weighted by atomic mass is 9.84. The molecule has 1 N–H and O–H groups in total. The summed E-state index contributed by atoms with van der Waals surface area (Å²) in [6, 6.07) is 2.33. The molecule has 1 amide bonds. The van der Waals surface area contributed by atoms with Crippen molar-refractivity contribution in [3.05, 3.63) is 27.7 Å². The third-order valence-electron chi connectivity index (χ3n) is 4.24. The second-order valence-electron chi connectivity index (χ2n) is 7.23. The molecule has 0 aromatic heterocycles. The number of methoxy groups -OCH3 is 1. The molecule has 1 aliphatic rings. The Morgan fingerprint density at radius 1 is 1.27 bits per heavy atom. The molecule has 26 heavy (non-hydrogen) atoms. The molecule has 144 valence electrons. The number of amides is 1. The summed E-state index contributed by atoms with van der Waals surface area (Å²) in [6.07, 6.45) is 0.0947. The van der Waals surface area contributed by atoms with E-state index in [4.69, 9.17) is 32.7 Å². The van der Waals surface area contributed by atoms with Crippen LogP contribution in [0, 0.1) is 0 Å². The number of carbonyl (C=O) groups is 2. The van der Waals surface area contributed by atoms with Crippen LogP contribution >= 0.6 is 23.2 Å². The second-order valence-corrected chi connectivity index (χ2v) is 8.01. The smallest absolute Gasteiger partial charge is 0.411 e. The summed E-state index contributed by atoms with van der Waals surface area (Å²) in [5, 5.41) is 10.4. The van der Waals surface area contributed by atoms with Gasteiger partial charge in [-0.05, 0) is 51.7 Å². The number of halogens is 2. The number of aliphatic carboxylic acids is 1. The minimum atomic E-state index is -1.09. The van der Waals surface area contributed by atoms with Crippen LogP contribution in [-0.2, 0) is 9.53 Å². The molecule has 2 rings (SSSR count). The van der Waals surface area contributed by atoms with Crippen molar-refractivity contribution >= 4 is 35.3 Å². The first-order valence-electron chi connectivity index (χ1n) is 8.29. The first-order chi connectivity index (χ1) is 12.0. The van der Waals surface area contributed by atoms with Crippen LogP contribution in [0.4, 0.5) is 4.79 Å². The number of hydrogen-bond acceptors (Lipinski definition) is 4. The fourth-order valence-corrected chi connectivity index (χ4v) is 3.58. The highest BCUT2D eigenvalue weighted by atomic mass is 35.5. The van der Waals surface area contributed by atoms with Crippen molar-refractivity contribution < 1.29 is 24.2 Å². The summed E-state index contributed by atoms with van der Waals surface area (Å²) in [6.45, 7) is 5.46. The van der Waals surface area contributed by atoms with Crippen LogP contribution in [0.2, 0.25) is 10.0 Å². The predicted octanol–water partition coefficient (Wildman–Crippen LogP) is 4.57. The van der Waals surface area contributed by atoms with Crippen molar-refractivity contribution in [2.75, 3.05) is 13.7 Å². The topological polar surface area (TPSA) is 76.1 Å². The number of carboxylic acid groups (broad SMARTS) is 1. The Kier molecular flexibility index (Phi) is 6.29. The van der Waals surface area contributed by atoms with Crippen LogP contribution in [0.3, 0.4) is 0 Å². The number of ether oxygens (including phenoxy) is 2. The minimum Gasteiger partial charge on any atom is -0.496 e. The minimum absolute atomic E-state index is 0.198. The number of piperidine rings is 1. The molecule has 1 fully saturated rings. The Balaban J connectivity index is 2.30. The maximum Gasteiger partial charge on any atom is 0.411 e. The Morgan fingerprint density at radius 3 is 2.46 bits per heavy atom. The third kappa shape index (κ3) is 4.54. The Morgan fingerprint density at radius 2 is 1.92 bits per heavy atom. The Bertz CT molecular complexity index is 702. The molecule has 0 spiro atoms. The van der Waals surface area contributed by atoms with E-state index in [2.05, 4.69) is 0 Å². The van der Waals surface area contributed by atoms with Gasteiger partial charge in [-0.3, -0.25) is 4.90 Å². The van der Waals surface area contributed by atoms with Crippen molar-refractivity contribution in [3.63, 3.8) is 0 Å². The number of nitrogens with zero attached hydrogens (tertiary/aromatic N) is 1. The van der Waals surface area contributed by atoms with Gasteiger partial charge in [0.2, 0.25) is 0 Å². The van der Waals surface area contributed by atoms with E-state index in [1.807, 2.05) is 0 Å². The fourth-order valence-electron chi connectivity index (χ4n) is 3.11. The molecule has 0 aliphatic carbocycles. The molecule has 1 heterocycles. The molecule has 0 saturated carbocycles. The standard InChI is InChI=1S/C18H23Cl2NO5/c1-18(2,3)26-17(24)21-8-7-10(9-12(21)16(22)23)14-13(25-4)6-5-11(19)15(14)20/h5-6,10,12H,7-9H2,1-4H3,(H,22,23). The predicted molar refractivity (Wildman–Crippen MR) is 99.4 cm³/mol. The molecule has 1 aliphatic heterocycles. The van der Waals surface area contributed by atoms with Gasteiger partial charge in [-0.2, -0.15) is 0 Å². The molecule has 1 aromatic rings. The highest BCUT2D eigenvalue weighted by Crippen LogP contribution is 2.43. The van der Waals surface area contributed by atoms with Crippen LogP contribution in [0.1, 0.15) is 45.1 Å². The number of likely N-dealkylation sites (tertiary alicyclic amines) is 1. The van der Waals surface area contributed by atoms with Crippen LogP contribution < -0.4 is 4.74 Å². The zero-order valence-electron chi connectivity index (χ0n) is 15.2. The number of hydrogen-bond donors (Lipinski definition) is 1. The summed E-state index contributed by atoms with van der Waals surface area (Å²) in [4.78, 5) is 25.4. The molecule has 6 nitrogen and oxygen atoms in total. The number of carbonyl (C=O) groups excluding carboxylic acids is 1. The zero-order valence-corrected chi connectivity index (χ0v) is 16.7. The number of carboxylic acids is 1. The first kappa shape index (κ1) is 20.6. The van der Waals surface area contributed by atoms with Gasteiger partial charge in [0.05, 0.1) is 17.2 Å². The average molecular weight is 404 g/mol. The molecule has 2 unspecified atom stereocenters. The van der Waals surface area contributed by atoms with Gasteiger partial charge >= 0.3 is 12.1 Å². The van der Waals surface area contributed by atoms with E-state index in [1.165, 1.54) is 12.0 Å². The third-order valence-corrected chi connectivity index (χ3v) is 5.06. The zero-order chi connectivity index (χ0) is 19.6. The van der Waals surface area contributed by atoms with E-state index in [9.17, 15) is 14.7 Å². The van der Waals surface area contributed by atoms with Crippen LogP contribution in [0.15, 0.2) is 12.1 Å². The van der Waals surface area contributed by atoms with E-state index < -0.39 is 23.7 Å². The van der Waals surface area contributed by atoms with E-state index >= 15 is 0 Å². The maximum atomic E-state index is 12.4. The van der Waals surface area contributed by atoms with Crippen molar-refractivity contribution in [2.24, 2.45) is 0 Å². The highest BCUT2D eigenvalue weighted by molar-refractivity contribution is 6.42. The van der Waals surface area contributed by atoms with Crippen molar-refractivity contribution in [2.45, 2.75) is 51.2 Å². The average Bonchev–Trinajstić information content (AvgIpc) is 2.55. The molecular weight excluding hydrogens is 381 g/mol. The van der Waals surface area contributed by atoms with Gasteiger partial charge in [-0.1, -0.05) is 23.2 Å². The summed E-state index contributed by atoms with van der Waals surface area (Å²) in [7, 11) is 1.52. The van der Waals surface area contributed by atoms with Gasteiger partial charge in [0.25, 0.3) is 0 Å². The Hall–Kier alpha value is -1.66. The van der Waals surface area contributed by atoms with Crippen molar-refractivity contribution in [1.29, 1.82) is 0 Å². The fraction of sp³-hybridized carbons (Fsp3) is 0.556. The molecule has 0 radical (unpaired) electrons. The van der Waals surface area contributed by atoms with Crippen molar-refractivity contribution in [1.82, 2.24) is 4.90 Å². The SMILES string of the molecule is COc1ccc(Cl)c(Cl)c1C1CCN(C(=O)OC(C)(C)C)C(C(=O)O)C1. The summed E-state index contributed by atoms with van der Waals surface area (Å²) < 4.78 is 10.7. The van der Waals surface area contributed by atoms with Crippen molar-refractivity contribution in [3.8, 4) is 5.75 Å². The molecule has 1 aromatic carbocycles. The second kappa shape index (κ2) is 7.92. The van der Waals surface area contributed by atoms with Gasteiger partial charge in [-0.15, -0.1) is 0 Å². The molecule has 0 bridgehead atoms. The van der Waals surface area contributed by atoms with E-state index in [0.717, 1.165) is 0 Å². The number of rotatable bonds is 3. The summed E-state index contributed by atoms with van der Waals surface area (Å²) in [5.74, 6) is -0.729. The largest absolute Gasteiger partial charge is 0.496 e. The Labute approximate surface area is 163 Å². The van der Waals surface area contributed by atoms with E-state index in [-0.39, 0.29) is 18.9 Å². The lowest BCUT2D eigenvalue weighted by Gasteiger charge is -2.38. The van der Waals surface area contributed by atoms with Gasteiger partial charge in [0, 0.05) is 12.1 Å².